The number of ether oxygens (including phenoxy) is 1. The number of aromatic nitrogens is 1. The summed E-state index contributed by atoms with van der Waals surface area (Å²) < 4.78 is 4.67. The minimum Gasteiger partial charge on any atom is -0.464 e. The molecule has 2 unspecified atom stereocenters. The summed E-state index contributed by atoms with van der Waals surface area (Å²) in [4.78, 5) is 34.6. The maximum Gasteiger partial charge on any atom is 0.362 e. The van der Waals surface area contributed by atoms with E-state index in [9.17, 15) is 9.59 Å². The quantitative estimate of drug-likeness (QED) is 0.247. The summed E-state index contributed by atoms with van der Waals surface area (Å²) in [5, 5.41) is 5.46. The topological polar surface area (TPSA) is 81.1 Å². The van der Waals surface area contributed by atoms with E-state index in [2.05, 4.69) is 19.7 Å². The van der Waals surface area contributed by atoms with Gasteiger partial charge in [0.2, 0.25) is 11.6 Å². The Labute approximate surface area is 163 Å². The van der Waals surface area contributed by atoms with E-state index in [1.807, 2.05) is 6.07 Å². The van der Waals surface area contributed by atoms with Gasteiger partial charge in [-0.25, -0.2) is 9.78 Å². The fourth-order valence-corrected chi connectivity index (χ4v) is 3.95. The predicted molar refractivity (Wildman–Crippen MR) is 99.0 cm³/mol. The number of thiazole rings is 1. The number of oxime groups is 1. The first-order valence-corrected chi connectivity index (χ1v) is 9.05. The van der Waals surface area contributed by atoms with Gasteiger partial charge in [0.15, 0.2) is 5.13 Å². The molecule has 10 heteroatoms. The second kappa shape index (κ2) is 7.61. The van der Waals surface area contributed by atoms with Crippen molar-refractivity contribution in [2.24, 2.45) is 5.16 Å². The average molecular weight is 414 g/mol. The van der Waals surface area contributed by atoms with Crippen molar-refractivity contribution in [3.8, 4) is 0 Å². The lowest BCUT2D eigenvalue weighted by Crippen LogP contribution is -2.56. The van der Waals surface area contributed by atoms with Gasteiger partial charge in [0.25, 0.3) is 0 Å². The number of nitrogens with zero attached hydrogens (tertiary/aromatic N) is 3. The van der Waals surface area contributed by atoms with Crippen LogP contribution in [0.3, 0.4) is 0 Å². The van der Waals surface area contributed by atoms with Crippen molar-refractivity contribution < 1.29 is 19.2 Å². The Bertz CT molecular complexity index is 886. The van der Waals surface area contributed by atoms with E-state index in [4.69, 9.17) is 23.2 Å². The van der Waals surface area contributed by atoms with E-state index in [1.165, 1.54) is 30.5 Å². The van der Waals surface area contributed by atoms with Gasteiger partial charge in [-0.2, -0.15) is 0 Å². The van der Waals surface area contributed by atoms with Crippen molar-refractivity contribution in [3.63, 3.8) is 0 Å². The second-order valence-corrected chi connectivity index (χ2v) is 6.98. The van der Waals surface area contributed by atoms with E-state index >= 15 is 0 Å². The summed E-state index contributed by atoms with van der Waals surface area (Å²) >= 11 is 13.4. The lowest BCUT2D eigenvalue weighted by Gasteiger charge is -2.42. The highest BCUT2D eigenvalue weighted by molar-refractivity contribution is 7.14. The smallest absolute Gasteiger partial charge is 0.362 e. The zero-order chi connectivity index (χ0) is 18.8. The Morgan fingerprint density at radius 1 is 1.38 bits per heavy atom. The highest BCUT2D eigenvalue weighted by Gasteiger charge is 2.49. The fraction of sp³-hybridized carbons (Fsp3) is 0.250. The monoisotopic (exact) mass is 413 g/mol. The second-order valence-electron chi connectivity index (χ2n) is 5.24. The van der Waals surface area contributed by atoms with Crippen LogP contribution in [0.15, 0.2) is 34.8 Å². The third-order valence-corrected chi connectivity index (χ3v) is 5.22. The first-order chi connectivity index (χ1) is 12.5. The number of alkyl halides is 1. The van der Waals surface area contributed by atoms with E-state index in [0.29, 0.717) is 10.2 Å². The molecule has 3 rings (SSSR count). The SMILES string of the molecule is CO/N=C(\C(=O)OC)c1csc(N2C(=O)C(Cl)C2c2cccc(Cl)c2)n1. The Hall–Kier alpha value is -2.16. The number of rotatable bonds is 5. The number of β-lactam (4-membered cyclic amide) rings is 1. The molecule has 0 saturated carbocycles. The number of halogens is 2. The molecule has 1 aromatic heterocycles. The van der Waals surface area contributed by atoms with Crippen molar-refractivity contribution in [2.75, 3.05) is 19.1 Å². The predicted octanol–water partition coefficient (Wildman–Crippen LogP) is 3.02. The van der Waals surface area contributed by atoms with Crippen LogP contribution in [-0.4, -0.2) is 42.2 Å². The van der Waals surface area contributed by atoms with E-state index in [-0.39, 0.29) is 17.3 Å². The lowest BCUT2D eigenvalue weighted by atomic mass is 9.94. The highest BCUT2D eigenvalue weighted by atomic mass is 35.5. The summed E-state index contributed by atoms with van der Waals surface area (Å²) in [6.07, 6.45) is 0. The highest BCUT2D eigenvalue weighted by Crippen LogP contribution is 2.43. The molecule has 0 aliphatic carbocycles. The Morgan fingerprint density at radius 2 is 2.15 bits per heavy atom. The Morgan fingerprint density at radius 3 is 2.81 bits per heavy atom. The van der Waals surface area contributed by atoms with Gasteiger partial charge >= 0.3 is 5.97 Å². The summed E-state index contributed by atoms with van der Waals surface area (Å²) in [6, 6.07) is 6.72. The van der Waals surface area contributed by atoms with Gasteiger partial charge in [0, 0.05) is 10.4 Å². The molecule has 2 atom stereocenters. The maximum absolute atomic E-state index is 12.3. The first kappa shape index (κ1) is 18.6. The molecule has 0 bridgehead atoms. The number of anilines is 1. The van der Waals surface area contributed by atoms with Crippen LogP contribution >= 0.6 is 34.5 Å². The molecule has 1 aliphatic rings. The molecule has 0 spiro atoms. The number of methoxy groups -OCH3 is 1. The van der Waals surface area contributed by atoms with Crippen molar-refractivity contribution >= 4 is 57.3 Å². The van der Waals surface area contributed by atoms with Gasteiger partial charge in [-0.15, -0.1) is 22.9 Å². The number of benzene rings is 1. The van der Waals surface area contributed by atoms with E-state index in [0.717, 1.165) is 5.56 Å². The number of hydrogen-bond donors (Lipinski definition) is 0. The van der Waals surface area contributed by atoms with Crippen LogP contribution in [0.25, 0.3) is 0 Å². The number of esters is 1. The zero-order valence-corrected chi connectivity index (χ0v) is 16.0. The minimum absolute atomic E-state index is 0.0906. The van der Waals surface area contributed by atoms with Gasteiger partial charge in [0.1, 0.15) is 18.2 Å². The maximum atomic E-state index is 12.3. The van der Waals surface area contributed by atoms with Gasteiger partial charge < -0.3 is 9.57 Å². The molecule has 0 N–H and O–H groups in total. The number of carbonyl (C=O) groups excluding carboxylic acids is 2. The van der Waals surface area contributed by atoms with E-state index in [1.54, 1.807) is 23.6 Å². The molecule has 2 heterocycles. The Kier molecular flexibility index (Phi) is 5.45. The van der Waals surface area contributed by atoms with Crippen LogP contribution < -0.4 is 4.90 Å². The first-order valence-electron chi connectivity index (χ1n) is 7.36. The largest absolute Gasteiger partial charge is 0.464 e. The van der Waals surface area contributed by atoms with Crippen LogP contribution in [-0.2, 0) is 19.2 Å². The average Bonchev–Trinajstić information content (AvgIpc) is 3.11. The van der Waals surface area contributed by atoms with E-state index < -0.39 is 17.4 Å². The molecule has 136 valence electrons. The summed E-state index contributed by atoms with van der Waals surface area (Å²) in [5.74, 6) is -0.971. The molecule has 0 radical (unpaired) electrons. The molecule has 26 heavy (non-hydrogen) atoms. The molecule has 1 saturated heterocycles. The lowest BCUT2D eigenvalue weighted by molar-refractivity contribution is -0.132. The van der Waals surface area contributed by atoms with Crippen molar-refractivity contribution in [1.29, 1.82) is 0 Å². The van der Waals surface area contributed by atoms with Crippen molar-refractivity contribution in [1.82, 2.24) is 4.98 Å². The molecular formula is C16H13Cl2N3O4S. The van der Waals surface area contributed by atoms with Crippen LogP contribution in [0.5, 0.6) is 0 Å². The van der Waals surface area contributed by atoms with Crippen LogP contribution in [0, 0.1) is 0 Å². The van der Waals surface area contributed by atoms with Crippen LogP contribution in [0.4, 0.5) is 5.13 Å². The van der Waals surface area contributed by atoms with Gasteiger partial charge in [-0.3, -0.25) is 9.69 Å². The number of carbonyl (C=O) groups is 2. The molecule has 2 aromatic rings. The summed E-state index contributed by atoms with van der Waals surface area (Å²) in [7, 11) is 2.54. The minimum atomic E-state index is -0.714. The standard InChI is InChI=1S/C16H13Cl2N3O4S/c1-24-15(23)12(20-25-2)10-7-26-16(19-10)21-13(11(18)14(21)22)8-4-3-5-9(17)6-8/h3-7,11,13H,1-2H3/b20-12-. The van der Waals surface area contributed by atoms with Crippen LogP contribution in [0.2, 0.25) is 5.02 Å². The van der Waals surface area contributed by atoms with Crippen molar-refractivity contribution in [2.45, 2.75) is 11.4 Å². The molecule has 7 nitrogen and oxygen atoms in total. The normalized spacial score (nSPS) is 19.9. The van der Waals surface area contributed by atoms with Gasteiger partial charge in [0.05, 0.1) is 13.2 Å². The molecule has 1 aliphatic heterocycles. The van der Waals surface area contributed by atoms with Crippen molar-refractivity contribution in [3.05, 3.63) is 45.9 Å². The molecular weight excluding hydrogens is 401 g/mol. The van der Waals surface area contributed by atoms with Gasteiger partial charge in [-0.05, 0) is 17.7 Å². The zero-order valence-electron chi connectivity index (χ0n) is 13.7. The van der Waals surface area contributed by atoms with Gasteiger partial charge in [-0.1, -0.05) is 28.9 Å². The van der Waals surface area contributed by atoms with Crippen LogP contribution in [0.1, 0.15) is 17.3 Å². The summed E-state index contributed by atoms with van der Waals surface area (Å²) in [6.45, 7) is 0. The third kappa shape index (κ3) is 3.27. The Balaban J connectivity index is 1.93. The number of amides is 1. The molecule has 1 amide bonds. The summed E-state index contributed by atoms with van der Waals surface area (Å²) in [5.41, 5.74) is 0.953. The fourth-order valence-electron chi connectivity index (χ4n) is 2.54. The number of hydrogen-bond acceptors (Lipinski definition) is 7. The molecule has 1 aromatic carbocycles. The molecule has 1 fully saturated rings. The third-order valence-electron chi connectivity index (χ3n) is 3.72.